The number of halogens is 2. The van der Waals surface area contributed by atoms with Gasteiger partial charge in [-0.2, -0.15) is 0 Å². The maximum absolute atomic E-state index is 6.36. The number of rotatable bonds is 4. The van der Waals surface area contributed by atoms with E-state index in [1.165, 1.54) is 18.1 Å². The first kappa shape index (κ1) is 18.8. The van der Waals surface area contributed by atoms with Gasteiger partial charge in [-0.3, -0.25) is 4.57 Å². The number of nitrogen functional groups attached to an aromatic ring is 1. The van der Waals surface area contributed by atoms with Crippen molar-refractivity contribution in [3.63, 3.8) is 0 Å². The van der Waals surface area contributed by atoms with Gasteiger partial charge in [0.05, 0.1) is 23.8 Å². The first-order valence-electron chi connectivity index (χ1n) is 8.48. The number of anilines is 1. The van der Waals surface area contributed by atoms with Crippen molar-refractivity contribution in [2.45, 2.75) is 29.1 Å². The van der Waals surface area contributed by atoms with Gasteiger partial charge >= 0.3 is 0 Å². The van der Waals surface area contributed by atoms with E-state index in [0.29, 0.717) is 33.6 Å². The second kappa shape index (κ2) is 7.81. The standard InChI is InChI=1S/C17H18Cl2N6OS/c1-9(12-7-21-4-5-26-12)25-16-14(15(20)22-8-23-16)24-17(25)27-13-3-2-10(18)6-11(13)19/h2-3,6,8-9,12,21H,4-5,7H2,1H3,(H2,20,22,23). The highest BCUT2D eigenvalue weighted by atomic mass is 35.5. The van der Waals surface area contributed by atoms with Crippen LogP contribution in [-0.4, -0.2) is 45.3 Å². The van der Waals surface area contributed by atoms with Crippen LogP contribution in [0.3, 0.4) is 0 Å². The highest BCUT2D eigenvalue weighted by Crippen LogP contribution is 2.38. The molecule has 0 bridgehead atoms. The lowest BCUT2D eigenvalue weighted by Crippen LogP contribution is -2.42. The number of imidazole rings is 1. The highest BCUT2D eigenvalue weighted by Gasteiger charge is 2.28. The van der Waals surface area contributed by atoms with E-state index in [2.05, 4.69) is 22.2 Å². The van der Waals surface area contributed by atoms with Crippen molar-refractivity contribution in [2.24, 2.45) is 0 Å². The Morgan fingerprint density at radius 2 is 2.22 bits per heavy atom. The molecule has 0 spiro atoms. The van der Waals surface area contributed by atoms with Crippen LogP contribution in [0, 0.1) is 0 Å². The third-order valence-corrected chi connectivity index (χ3v) is 6.18. The van der Waals surface area contributed by atoms with Crippen molar-refractivity contribution in [3.05, 3.63) is 34.6 Å². The summed E-state index contributed by atoms with van der Waals surface area (Å²) < 4.78 is 7.99. The first-order chi connectivity index (χ1) is 13.0. The fourth-order valence-electron chi connectivity index (χ4n) is 3.06. The van der Waals surface area contributed by atoms with Crippen LogP contribution in [0.4, 0.5) is 5.82 Å². The zero-order chi connectivity index (χ0) is 19.0. The van der Waals surface area contributed by atoms with E-state index in [1.807, 2.05) is 10.6 Å². The summed E-state index contributed by atoms with van der Waals surface area (Å²) in [6.45, 7) is 4.37. The SMILES string of the molecule is CC(C1CNCCO1)n1c(Sc2ccc(Cl)cc2Cl)nc2c(N)ncnc21. The van der Waals surface area contributed by atoms with Crippen LogP contribution < -0.4 is 11.1 Å². The van der Waals surface area contributed by atoms with Crippen molar-refractivity contribution in [1.82, 2.24) is 24.8 Å². The van der Waals surface area contributed by atoms with E-state index >= 15 is 0 Å². The Morgan fingerprint density at radius 1 is 1.37 bits per heavy atom. The fraction of sp³-hybridized carbons (Fsp3) is 0.353. The van der Waals surface area contributed by atoms with Crippen molar-refractivity contribution >= 4 is 51.9 Å². The predicted molar refractivity (Wildman–Crippen MR) is 108 cm³/mol. The van der Waals surface area contributed by atoms with Crippen LogP contribution >= 0.6 is 35.0 Å². The monoisotopic (exact) mass is 424 g/mol. The van der Waals surface area contributed by atoms with Crippen molar-refractivity contribution < 1.29 is 4.74 Å². The molecule has 3 heterocycles. The Labute approximate surface area is 170 Å². The number of nitrogens with one attached hydrogen (secondary N) is 1. The average molecular weight is 425 g/mol. The number of ether oxygens (including phenoxy) is 1. The lowest BCUT2D eigenvalue weighted by Gasteiger charge is -2.30. The molecule has 0 radical (unpaired) electrons. The van der Waals surface area contributed by atoms with Gasteiger partial charge < -0.3 is 15.8 Å². The van der Waals surface area contributed by atoms with E-state index in [1.54, 1.807) is 12.1 Å². The summed E-state index contributed by atoms with van der Waals surface area (Å²) in [5, 5.41) is 5.24. The molecular formula is C17H18Cl2N6OS. The maximum Gasteiger partial charge on any atom is 0.175 e. The summed E-state index contributed by atoms with van der Waals surface area (Å²) in [5.41, 5.74) is 7.28. The smallest absolute Gasteiger partial charge is 0.175 e. The quantitative estimate of drug-likeness (QED) is 0.662. The van der Waals surface area contributed by atoms with Gasteiger partial charge in [0.2, 0.25) is 0 Å². The molecular weight excluding hydrogens is 407 g/mol. The third-order valence-electron chi connectivity index (χ3n) is 4.47. The van der Waals surface area contributed by atoms with Crippen molar-refractivity contribution in [2.75, 3.05) is 25.4 Å². The number of hydrogen-bond acceptors (Lipinski definition) is 7. The van der Waals surface area contributed by atoms with E-state index < -0.39 is 0 Å². The second-order valence-corrected chi connectivity index (χ2v) is 8.08. The summed E-state index contributed by atoms with van der Waals surface area (Å²) in [5.74, 6) is 0.345. The molecule has 1 saturated heterocycles. The molecule has 2 unspecified atom stereocenters. The number of benzene rings is 1. The van der Waals surface area contributed by atoms with Gasteiger partial charge in [0.15, 0.2) is 22.1 Å². The van der Waals surface area contributed by atoms with Gasteiger partial charge in [-0.05, 0) is 36.9 Å². The van der Waals surface area contributed by atoms with Gasteiger partial charge in [-0.1, -0.05) is 23.2 Å². The number of nitrogens with zero attached hydrogens (tertiary/aromatic N) is 4. The number of fused-ring (bicyclic) bond motifs is 1. The Hall–Kier alpha value is -1.58. The summed E-state index contributed by atoms with van der Waals surface area (Å²) in [6, 6.07) is 5.38. The molecule has 7 nitrogen and oxygen atoms in total. The van der Waals surface area contributed by atoms with Crippen LogP contribution in [0.25, 0.3) is 11.2 Å². The fourth-order valence-corrected chi connectivity index (χ4v) is 4.56. The van der Waals surface area contributed by atoms with E-state index in [9.17, 15) is 0 Å². The molecule has 0 amide bonds. The minimum Gasteiger partial charge on any atom is -0.382 e. The van der Waals surface area contributed by atoms with Gasteiger partial charge in [0, 0.05) is 23.0 Å². The third kappa shape index (κ3) is 3.72. The van der Waals surface area contributed by atoms with Gasteiger partial charge in [-0.15, -0.1) is 0 Å². The van der Waals surface area contributed by atoms with Crippen LogP contribution in [-0.2, 0) is 4.74 Å². The molecule has 1 aromatic carbocycles. The largest absolute Gasteiger partial charge is 0.382 e. The minimum absolute atomic E-state index is 0.00706. The van der Waals surface area contributed by atoms with Crippen LogP contribution in [0.1, 0.15) is 13.0 Å². The Bertz CT molecular complexity index is 975. The molecule has 142 valence electrons. The van der Waals surface area contributed by atoms with E-state index in [4.69, 9.17) is 38.7 Å². The van der Waals surface area contributed by atoms with Crippen LogP contribution in [0.5, 0.6) is 0 Å². The lowest BCUT2D eigenvalue weighted by molar-refractivity contribution is -0.00143. The number of nitrogens with two attached hydrogens (primary N) is 1. The summed E-state index contributed by atoms with van der Waals surface area (Å²) >= 11 is 13.8. The predicted octanol–water partition coefficient (Wildman–Crippen LogP) is 3.42. The zero-order valence-corrected chi connectivity index (χ0v) is 16.9. The maximum atomic E-state index is 6.36. The molecule has 2 atom stereocenters. The summed E-state index contributed by atoms with van der Waals surface area (Å²) in [6.07, 6.45) is 1.44. The Morgan fingerprint density at radius 3 is 2.96 bits per heavy atom. The molecule has 1 fully saturated rings. The van der Waals surface area contributed by atoms with E-state index in [-0.39, 0.29) is 12.1 Å². The van der Waals surface area contributed by atoms with Gasteiger partial charge in [-0.25, -0.2) is 15.0 Å². The average Bonchev–Trinajstić information content (AvgIpc) is 3.03. The van der Waals surface area contributed by atoms with Crippen LogP contribution in [0.15, 0.2) is 34.6 Å². The van der Waals surface area contributed by atoms with Crippen LogP contribution in [0.2, 0.25) is 10.0 Å². The molecule has 0 saturated carbocycles. The lowest BCUT2D eigenvalue weighted by atomic mass is 10.1. The Balaban J connectivity index is 1.80. The van der Waals surface area contributed by atoms with E-state index in [0.717, 1.165) is 23.1 Å². The summed E-state index contributed by atoms with van der Waals surface area (Å²) in [7, 11) is 0. The molecule has 3 N–H and O–H groups in total. The molecule has 2 aromatic heterocycles. The number of hydrogen-bond donors (Lipinski definition) is 2. The van der Waals surface area contributed by atoms with Crippen molar-refractivity contribution in [3.8, 4) is 0 Å². The molecule has 3 aromatic rings. The minimum atomic E-state index is -0.00863. The highest BCUT2D eigenvalue weighted by molar-refractivity contribution is 7.99. The molecule has 4 rings (SSSR count). The summed E-state index contributed by atoms with van der Waals surface area (Å²) in [4.78, 5) is 14.0. The first-order valence-corrected chi connectivity index (χ1v) is 10.1. The molecule has 1 aliphatic heterocycles. The van der Waals surface area contributed by atoms with Crippen molar-refractivity contribution in [1.29, 1.82) is 0 Å². The normalized spacial score (nSPS) is 18.7. The molecule has 0 aliphatic carbocycles. The molecule has 10 heteroatoms. The molecule has 1 aliphatic rings. The number of aromatic nitrogens is 4. The molecule has 27 heavy (non-hydrogen) atoms. The second-order valence-electron chi connectivity index (χ2n) is 6.23. The topological polar surface area (TPSA) is 90.9 Å². The zero-order valence-electron chi connectivity index (χ0n) is 14.5. The number of morpholine rings is 1. The van der Waals surface area contributed by atoms with Gasteiger partial charge in [0.1, 0.15) is 6.33 Å². The van der Waals surface area contributed by atoms with Gasteiger partial charge in [0.25, 0.3) is 0 Å². The Kier molecular flexibility index (Phi) is 5.43.